The predicted molar refractivity (Wildman–Crippen MR) is 64.0 cm³/mol. The highest BCUT2D eigenvalue weighted by atomic mass is 15.4. The lowest BCUT2D eigenvalue weighted by molar-refractivity contribution is 0.769. The smallest absolute Gasteiger partial charge is 0.111 e. The molecule has 4 nitrogen and oxygen atoms in total. The van der Waals surface area contributed by atoms with Crippen LogP contribution in [0.1, 0.15) is 30.0 Å². The minimum atomic E-state index is 0.652. The SMILES string of the molecule is Cc1cnn2nc(C3CC3)c(N(C)C)c2c1. The van der Waals surface area contributed by atoms with E-state index in [0.29, 0.717) is 5.92 Å². The molecule has 3 rings (SSSR count). The minimum Gasteiger partial charge on any atom is -0.374 e. The van der Waals surface area contributed by atoms with E-state index in [-0.39, 0.29) is 0 Å². The summed E-state index contributed by atoms with van der Waals surface area (Å²) < 4.78 is 1.76. The Morgan fingerprint density at radius 2 is 2.12 bits per heavy atom. The monoisotopic (exact) mass is 216 g/mol. The first-order valence-electron chi connectivity index (χ1n) is 5.69. The average molecular weight is 216 g/mol. The molecular weight excluding hydrogens is 200 g/mol. The van der Waals surface area contributed by atoms with Crippen molar-refractivity contribution in [2.45, 2.75) is 25.7 Å². The third-order valence-electron chi connectivity index (χ3n) is 3.05. The fourth-order valence-corrected chi connectivity index (χ4v) is 2.13. The van der Waals surface area contributed by atoms with E-state index in [9.17, 15) is 0 Å². The molecule has 84 valence electrons. The van der Waals surface area contributed by atoms with Gasteiger partial charge in [0.15, 0.2) is 0 Å². The van der Waals surface area contributed by atoms with E-state index >= 15 is 0 Å². The first-order valence-corrected chi connectivity index (χ1v) is 5.69. The van der Waals surface area contributed by atoms with Crippen LogP contribution < -0.4 is 4.90 Å². The van der Waals surface area contributed by atoms with Crippen LogP contribution in [0.2, 0.25) is 0 Å². The highest BCUT2D eigenvalue weighted by molar-refractivity contribution is 5.76. The molecule has 1 aliphatic rings. The molecule has 0 aliphatic heterocycles. The van der Waals surface area contributed by atoms with Crippen molar-refractivity contribution < 1.29 is 0 Å². The third kappa shape index (κ3) is 1.37. The molecule has 1 saturated carbocycles. The number of hydrogen-bond acceptors (Lipinski definition) is 3. The second-order valence-corrected chi connectivity index (χ2v) is 4.81. The van der Waals surface area contributed by atoms with Crippen LogP contribution in [-0.4, -0.2) is 28.9 Å². The van der Waals surface area contributed by atoms with Gasteiger partial charge in [-0.3, -0.25) is 0 Å². The van der Waals surface area contributed by atoms with Crippen LogP contribution in [0.3, 0.4) is 0 Å². The van der Waals surface area contributed by atoms with E-state index in [1.165, 1.54) is 29.8 Å². The molecule has 0 aromatic carbocycles. The summed E-state index contributed by atoms with van der Waals surface area (Å²) in [6.07, 6.45) is 4.39. The average Bonchev–Trinajstić information content (AvgIpc) is 2.99. The van der Waals surface area contributed by atoms with Crippen molar-refractivity contribution in [2.24, 2.45) is 0 Å². The molecule has 0 unspecified atom stereocenters. The van der Waals surface area contributed by atoms with E-state index in [4.69, 9.17) is 0 Å². The lowest BCUT2D eigenvalue weighted by atomic mass is 10.2. The lowest BCUT2D eigenvalue weighted by Crippen LogP contribution is -2.10. The summed E-state index contributed by atoms with van der Waals surface area (Å²) in [7, 11) is 4.15. The maximum atomic E-state index is 4.60. The molecular formula is C12H16N4. The van der Waals surface area contributed by atoms with Gasteiger partial charge in [-0.05, 0) is 31.4 Å². The van der Waals surface area contributed by atoms with Gasteiger partial charge in [0, 0.05) is 20.0 Å². The molecule has 1 aliphatic carbocycles. The summed E-state index contributed by atoms with van der Waals surface area (Å²) in [4.78, 5) is 2.15. The van der Waals surface area contributed by atoms with E-state index < -0.39 is 0 Å². The second-order valence-electron chi connectivity index (χ2n) is 4.81. The standard InChI is InChI=1S/C12H16N4/c1-8-6-10-12(15(2)3)11(9-4-5-9)14-16(10)13-7-8/h6-7,9H,4-5H2,1-3H3. The van der Waals surface area contributed by atoms with Gasteiger partial charge in [0.25, 0.3) is 0 Å². The van der Waals surface area contributed by atoms with Crippen LogP contribution in [0, 0.1) is 6.92 Å². The number of rotatable bonds is 2. The Morgan fingerprint density at radius 3 is 2.75 bits per heavy atom. The third-order valence-corrected chi connectivity index (χ3v) is 3.05. The molecule has 0 amide bonds. The Balaban J connectivity index is 2.29. The molecule has 2 aromatic heterocycles. The van der Waals surface area contributed by atoms with Crippen LogP contribution in [0.15, 0.2) is 12.3 Å². The predicted octanol–water partition coefficient (Wildman–Crippen LogP) is 1.98. The molecule has 16 heavy (non-hydrogen) atoms. The minimum absolute atomic E-state index is 0.652. The molecule has 0 radical (unpaired) electrons. The van der Waals surface area contributed by atoms with Gasteiger partial charge in [0.1, 0.15) is 5.52 Å². The van der Waals surface area contributed by atoms with Crippen LogP contribution in [0.25, 0.3) is 5.52 Å². The van der Waals surface area contributed by atoms with Crippen molar-refractivity contribution in [3.05, 3.63) is 23.5 Å². The Hall–Kier alpha value is -1.58. The highest BCUT2D eigenvalue weighted by Crippen LogP contribution is 2.44. The van der Waals surface area contributed by atoms with Crippen molar-refractivity contribution in [1.82, 2.24) is 14.8 Å². The Bertz CT molecular complexity index is 537. The topological polar surface area (TPSA) is 33.4 Å². The molecule has 2 aromatic rings. The molecule has 0 atom stereocenters. The Kier molecular flexibility index (Phi) is 1.93. The summed E-state index contributed by atoms with van der Waals surface area (Å²) >= 11 is 0. The van der Waals surface area contributed by atoms with Crippen molar-refractivity contribution in [3.63, 3.8) is 0 Å². The molecule has 0 saturated heterocycles. The fourth-order valence-electron chi connectivity index (χ4n) is 2.13. The largest absolute Gasteiger partial charge is 0.374 e. The molecule has 2 heterocycles. The van der Waals surface area contributed by atoms with Crippen molar-refractivity contribution in [1.29, 1.82) is 0 Å². The van der Waals surface area contributed by atoms with Crippen LogP contribution in [0.4, 0.5) is 5.69 Å². The zero-order valence-electron chi connectivity index (χ0n) is 9.94. The van der Waals surface area contributed by atoms with Gasteiger partial charge in [-0.25, -0.2) is 0 Å². The molecule has 0 spiro atoms. The number of anilines is 1. The summed E-state index contributed by atoms with van der Waals surface area (Å²) in [5.41, 5.74) is 4.74. The van der Waals surface area contributed by atoms with Crippen LogP contribution in [-0.2, 0) is 0 Å². The number of aromatic nitrogens is 3. The van der Waals surface area contributed by atoms with Crippen molar-refractivity contribution >= 4 is 11.2 Å². The van der Waals surface area contributed by atoms with Gasteiger partial charge in [-0.1, -0.05) is 0 Å². The Labute approximate surface area is 94.9 Å². The number of fused-ring (bicyclic) bond motifs is 1. The summed E-state index contributed by atoms with van der Waals surface area (Å²) in [6, 6.07) is 2.15. The summed E-state index contributed by atoms with van der Waals surface area (Å²) in [5, 5.41) is 8.93. The maximum Gasteiger partial charge on any atom is 0.111 e. The van der Waals surface area contributed by atoms with Gasteiger partial charge in [-0.15, -0.1) is 4.63 Å². The number of aryl methyl sites for hydroxylation is 1. The van der Waals surface area contributed by atoms with Gasteiger partial charge in [-0.2, -0.15) is 10.2 Å². The first kappa shape index (κ1) is 9.63. The number of nitrogens with zero attached hydrogens (tertiary/aromatic N) is 4. The van der Waals surface area contributed by atoms with E-state index in [1.54, 1.807) is 4.63 Å². The first-order chi connectivity index (χ1) is 7.66. The van der Waals surface area contributed by atoms with Gasteiger partial charge in [0.2, 0.25) is 0 Å². The van der Waals surface area contributed by atoms with E-state index in [0.717, 1.165) is 5.52 Å². The summed E-state index contributed by atoms with van der Waals surface area (Å²) in [6.45, 7) is 2.07. The van der Waals surface area contributed by atoms with Gasteiger partial charge in [0.05, 0.1) is 17.6 Å². The molecule has 4 heteroatoms. The van der Waals surface area contributed by atoms with E-state index in [1.807, 2.05) is 6.20 Å². The quantitative estimate of drug-likeness (QED) is 0.769. The van der Waals surface area contributed by atoms with E-state index in [2.05, 4.69) is 42.2 Å². The fraction of sp³-hybridized carbons (Fsp3) is 0.500. The van der Waals surface area contributed by atoms with Crippen molar-refractivity contribution in [2.75, 3.05) is 19.0 Å². The van der Waals surface area contributed by atoms with Gasteiger partial charge < -0.3 is 4.90 Å². The zero-order chi connectivity index (χ0) is 11.3. The molecule has 0 N–H and O–H groups in total. The molecule has 1 fully saturated rings. The highest BCUT2D eigenvalue weighted by Gasteiger charge is 2.31. The summed E-state index contributed by atoms with van der Waals surface area (Å²) in [5.74, 6) is 0.652. The number of hydrogen-bond donors (Lipinski definition) is 0. The zero-order valence-corrected chi connectivity index (χ0v) is 9.94. The van der Waals surface area contributed by atoms with Crippen LogP contribution >= 0.6 is 0 Å². The van der Waals surface area contributed by atoms with Crippen molar-refractivity contribution in [3.8, 4) is 0 Å². The maximum absolute atomic E-state index is 4.60. The lowest BCUT2D eigenvalue weighted by Gasteiger charge is -2.12. The Morgan fingerprint density at radius 1 is 1.38 bits per heavy atom. The van der Waals surface area contributed by atoms with Crippen LogP contribution in [0.5, 0.6) is 0 Å². The second kappa shape index (κ2) is 3.20. The van der Waals surface area contributed by atoms with Gasteiger partial charge >= 0.3 is 0 Å². The normalized spacial score (nSPS) is 15.7. The molecule has 0 bridgehead atoms.